The number of Topliss-reactive ketones (excluding diaryl/α,β-unsaturated/α-hetero) is 1. The summed E-state index contributed by atoms with van der Waals surface area (Å²) >= 11 is 0. The highest BCUT2D eigenvalue weighted by molar-refractivity contribution is 5.86. The van der Waals surface area contributed by atoms with E-state index in [0.29, 0.717) is 5.56 Å². The summed E-state index contributed by atoms with van der Waals surface area (Å²) < 4.78 is 11.2. The van der Waals surface area contributed by atoms with E-state index in [1.165, 1.54) is 19.1 Å². The maximum Gasteiger partial charge on any atom is 0.193 e. The van der Waals surface area contributed by atoms with Crippen LogP contribution in [0.1, 0.15) is 29.9 Å². The first-order valence-electron chi connectivity index (χ1n) is 8.74. The summed E-state index contributed by atoms with van der Waals surface area (Å²) in [7, 11) is 0. The number of carbonyl (C=O) groups is 1. The molecule has 0 amide bonds. The van der Waals surface area contributed by atoms with Gasteiger partial charge in [0.15, 0.2) is 5.43 Å². The van der Waals surface area contributed by atoms with Crippen LogP contribution in [0.3, 0.4) is 0 Å². The lowest BCUT2D eigenvalue weighted by atomic mass is 9.89. The molecule has 1 aliphatic rings. The second-order valence-corrected chi connectivity index (χ2v) is 7.04. The Kier molecular flexibility index (Phi) is 5.55. The van der Waals surface area contributed by atoms with Gasteiger partial charge >= 0.3 is 0 Å². The number of hydrogen-bond donors (Lipinski definition) is 5. The highest BCUT2D eigenvalue weighted by Gasteiger charge is 2.45. The van der Waals surface area contributed by atoms with Crippen molar-refractivity contribution >= 4 is 16.8 Å². The molecule has 1 aromatic heterocycles. The molecule has 3 rings (SSSR count). The van der Waals surface area contributed by atoms with Crippen LogP contribution < -0.4 is 5.43 Å². The molecule has 152 valence electrons. The van der Waals surface area contributed by atoms with E-state index in [2.05, 4.69) is 0 Å². The third-order valence-electron chi connectivity index (χ3n) is 4.87. The lowest BCUT2D eigenvalue weighted by molar-refractivity contribution is -0.231. The van der Waals surface area contributed by atoms with Gasteiger partial charge in [-0.1, -0.05) is 0 Å². The van der Waals surface area contributed by atoms with Crippen LogP contribution in [0.2, 0.25) is 0 Å². The Morgan fingerprint density at radius 1 is 1.14 bits per heavy atom. The fourth-order valence-electron chi connectivity index (χ4n) is 3.52. The normalized spacial score (nSPS) is 27.9. The summed E-state index contributed by atoms with van der Waals surface area (Å²) in [4.78, 5) is 24.0. The summed E-state index contributed by atoms with van der Waals surface area (Å²) in [6.07, 6.45) is -7.65. The maximum absolute atomic E-state index is 12.6. The molecule has 1 aromatic carbocycles. The van der Waals surface area contributed by atoms with Crippen LogP contribution in [0.4, 0.5) is 0 Å². The molecule has 0 spiro atoms. The zero-order chi connectivity index (χ0) is 20.7. The van der Waals surface area contributed by atoms with Crippen molar-refractivity contribution in [3.8, 4) is 5.75 Å². The molecule has 0 unspecified atom stereocenters. The molecule has 0 aliphatic carbocycles. The number of fused-ring (bicyclic) bond motifs is 1. The van der Waals surface area contributed by atoms with Crippen molar-refractivity contribution in [3.05, 3.63) is 39.2 Å². The molecule has 1 saturated heterocycles. The first-order valence-corrected chi connectivity index (χ1v) is 8.74. The van der Waals surface area contributed by atoms with E-state index in [-0.39, 0.29) is 40.2 Å². The Morgan fingerprint density at radius 2 is 1.82 bits per heavy atom. The van der Waals surface area contributed by atoms with Crippen LogP contribution in [-0.2, 0) is 16.0 Å². The Hall–Kier alpha value is -2.30. The van der Waals surface area contributed by atoms with Gasteiger partial charge in [0.2, 0.25) is 0 Å². The third kappa shape index (κ3) is 3.43. The Morgan fingerprint density at radius 3 is 2.43 bits per heavy atom. The number of phenols is 1. The van der Waals surface area contributed by atoms with Gasteiger partial charge in [-0.3, -0.25) is 9.59 Å². The van der Waals surface area contributed by atoms with Gasteiger partial charge in [-0.15, -0.1) is 0 Å². The molecule has 2 heterocycles. The van der Waals surface area contributed by atoms with E-state index >= 15 is 0 Å². The number of rotatable bonds is 4. The minimum Gasteiger partial charge on any atom is -0.507 e. The fraction of sp³-hybridized carbons (Fsp3) is 0.474. The minimum absolute atomic E-state index is 0.0702. The summed E-state index contributed by atoms with van der Waals surface area (Å²) in [6.45, 7) is 2.27. The molecule has 0 radical (unpaired) electrons. The van der Waals surface area contributed by atoms with Crippen LogP contribution in [0.25, 0.3) is 11.0 Å². The third-order valence-corrected chi connectivity index (χ3v) is 4.87. The number of carbonyl (C=O) groups excluding carboxylic acids is 1. The molecule has 5 atom stereocenters. The van der Waals surface area contributed by atoms with E-state index in [4.69, 9.17) is 9.15 Å². The Balaban J connectivity index is 2.26. The van der Waals surface area contributed by atoms with Gasteiger partial charge in [0, 0.05) is 6.07 Å². The van der Waals surface area contributed by atoms with E-state index in [1.54, 1.807) is 6.92 Å². The number of aryl methyl sites for hydroxylation is 1. The molecule has 1 fully saturated rings. The molecule has 0 bridgehead atoms. The van der Waals surface area contributed by atoms with Gasteiger partial charge in [0.25, 0.3) is 0 Å². The van der Waals surface area contributed by atoms with Gasteiger partial charge in [0.1, 0.15) is 53.4 Å². The van der Waals surface area contributed by atoms with Gasteiger partial charge in [-0.2, -0.15) is 0 Å². The molecular formula is C19H22O9. The van der Waals surface area contributed by atoms with Crippen molar-refractivity contribution in [1.82, 2.24) is 0 Å². The number of ketones is 1. The van der Waals surface area contributed by atoms with Crippen LogP contribution >= 0.6 is 0 Å². The fourth-order valence-corrected chi connectivity index (χ4v) is 3.52. The summed E-state index contributed by atoms with van der Waals surface area (Å²) in [6, 6.07) is 2.48. The van der Waals surface area contributed by atoms with E-state index in [9.17, 15) is 35.1 Å². The molecule has 9 heteroatoms. The number of aliphatic hydroxyl groups excluding tert-OH is 4. The van der Waals surface area contributed by atoms with Gasteiger partial charge in [-0.05, 0) is 25.5 Å². The molecule has 0 saturated carbocycles. The smallest absolute Gasteiger partial charge is 0.193 e. The zero-order valence-electron chi connectivity index (χ0n) is 15.3. The van der Waals surface area contributed by atoms with Crippen LogP contribution in [-0.4, -0.2) is 62.3 Å². The minimum atomic E-state index is -1.67. The van der Waals surface area contributed by atoms with E-state index in [0.717, 1.165) is 0 Å². The lowest BCUT2D eigenvalue weighted by Gasteiger charge is -2.40. The lowest BCUT2D eigenvalue weighted by Crippen LogP contribution is -2.55. The van der Waals surface area contributed by atoms with Gasteiger partial charge in [-0.25, -0.2) is 0 Å². The van der Waals surface area contributed by atoms with Crippen molar-refractivity contribution in [2.24, 2.45) is 0 Å². The number of ether oxygens (including phenoxy) is 1. The topological polar surface area (TPSA) is 158 Å². The largest absolute Gasteiger partial charge is 0.507 e. The van der Waals surface area contributed by atoms with E-state index in [1.807, 2.05) is 0 Å². The van der Waals surface area contributed by atoms with E-state index < -0.39 is 42.6 Å². The molecule has 5 N–H and O–H groups in total. The van der Waals surface area contributed by atoms with Crippen molar-refractivity contribution in [2.45, 2.75) is 50.8 Å². The monoisotopic (exact) mass is 394 g/mol. The highest BCUT2D eigenvalue weighted by Crippen LogP contribution is 2.41. The second kappa shape index (κ2) is 7.61. The SMILES string of the molecule is CC(=O)Cc1cc(=O)c2c(C)cc(O)c([C@H]3O[C@H](CO)[C@@H](O)[C@H](O)[C@H]3O)c2o1. The highest BCUT2D eigenvalue weighted by atomic mass is 16.5. The van der Waals surface area contributed by atoms with Crippen molar-refractivity contribution < 1.29 is 39.5 Å². The Labute approximate surface area is 159 Å². The molecule has 28 heavy (non-hydrogen) atoms. The van der Waals surface area contributed by atoms with Crippen LogP contribution in [0, 0.1) is 6.92 Å². The second-order valence-electron chi connectivity index (χ2n) is 7.04. The first kappa shape index (κ1) is 20.4. The number of benzene rings is 1. The average molecular weight is 394 g/mol. The summed E-state index contributed by atoms with van der Waals surface area (Å²) in [5, 5.41) is 50.5. The molecule has 9 nitrogen and oxygen atoms in total. The number of aromatic hydroxyl groups is 1. The Bertz CT molecular complexity index is 962. The predicted octanol–water partition coefficient (Wildman–Crippen LogP) is -0.547. The first-order chi connectivity index (χ1) is 13.1. The number of aliphatic hydroxyl groups is 4. The zero-order valence-corrected chi connectivity index (χ0v) is 15.3. The van der Waals surface area contributed by atoms with Gasteiger partial charge < -0.3 is 34.7 Å². The maximum atomic E-state index is 12.6. The number of hydrogen-bond acceptors (Lipinski definition) is 9. The molecular weight excluding hydrogens is 372 g/mol. The average Bonchev–Trinajstić information content (AvgIpc) is 2.60. The van der Waals surface area contributed by atoms with Crippen molar-refractivity contribution in [3.63, 3.8) is 0 Å². The standard InChI is InChI=1S/C19H22O9/c1-7-3-10(22)14(19-17(26)16(25)15(24)12(6-20)28-19)18-13(7)11(23)5-9(27-18)4-8(2)21/h3,5,12,15-17,19-20,22,24-26H,4,6H2,1-2H3/t12-,15-,16+,17-,19-/m1/s1. The predicted molar refractivity (Wildman–Crippen MR) is 96.0 cm³/mol. The molecule has 1 aliphatic heterocycles. The summed E-state index contributed by atoms with van der Waals surface area (Å²) in [5.74, 6) is -0.535. The molecule has 2 aromatic rings. The van der Waals surface area contributed by atoms with Gasteiger partial charge in [0.05, 0.1) is 24.0 Å². The quantitative estimate of drug-likeness (QED) is 0.459. The van der Waals surface area contributed by atoms with Crippen LogP contribution in [0.5, 0.6) is 5.75 Å². The van der Waals surface area contributed by atoms with Crippen LogP contribution in [0.15, 0.2) is 21.3 Å². The number of phenolic OH excluding ortho intramolecular Hbond substituents is 1. The van der Waals surface area contributed by atoms with Crippen molar-refractivity contribution in [2.75, 3.05) is 6.61 Å². The summed E-state index contributed by atoms with van der Waals surface area (Å²) in [5.41, 5.74) is -0.240. The van der Waals surface area contributed by atoms with Crippen molar-refractivity contribution in [1.29, 1.82) is 0 Å².